The van der Waals surface area contributed by atoms with E-state index in [0.717, 1.165) is 24.2 Å². The Morgan fingerprint density at radius 3 is 2.84 bits per heavy atom. The fraction of sp³-hybridized carbons (Fsp3) is 0.375. The van der Waals surface area contributed by atoms with Crippen molar-refractivity contribution in [1.29, 1.82) is 0 Å². The molecule has 8 nitrogen and oxygen atoms in total. The summed E-state index contributed by atoms with van der Waals surface area (Å²) >= 11 is 1.39. The molecule has 25 heavy (non-hydrogen) atoms. The number of aromatic amines is 1. The first-order valence-corrected chi connectivity index (χ1v) is 8.95. The SMILES string of the molecule is CCCCn1c(SCc2nc(-c3ccc(OC)cc3)no2)n[nH]c1=O. The van der Waals surface area contributed by atoms with Gasteiger partial charge in [0.05, 0.1) is 12.9 Å². The molecular formula is C16H19N5O3S. The van der Waals surface area contributed by atoms with Crippen molar-refractivity contribution in [3.63, 3.8) is 0 Å². The molecular weight excluding hydrogens is 342 g/mol. The second-order valence-electron chi connectivity index (χ2n) is 5.35. The maximum Gasteiger partial charge on any atom is 0.343 e. The third-order valence-electron chi connectivity index (χ3n) is 3.60. The molecule has 3 rings (SSSR count). The van der Waals surface area contributed by atoms with Gasteiger partial charge in [0.1, 0.15) is 5.75 Å². The smallest absolute Gasteiger partial charge is 0.343 e. The van der Waals surface area contributed by atoms with Crippen molar-refractivity contribution >= 4 is 11.8 Å². The zero-order valence-electron chi connectivity index (χ0n) is 14.1. The zero-order valence-corrected chi connectivity index (χ0v) is 14.9. The third kappa shape index (κ3) is 4.11. The van der Waals surface area contributed by atoms with Gasteiger partial charge in [-0.25, -0.2) is 9.89 Å². The number of H-pyrrole nitrogens is 1. The molecule has 0 aliphatic carbocycles. The number of unbranched alkanes of at least 4 members (excludes halogenated alkanes) is 1. The number of nitrogens with zero attached hydrogens (tertiary/aromatic N) is 4. The molecule has 132 valence electrons. The van der Waals surface area contributed by atoms with Crippen molar-refractivity contribution in [3.05, 3.63) is 40.6 Å². The lowest BCUT2D eigenvalue weighted by molar-refractivity contribution is 0.391. The van der Waals surface area contributed by atoms with Gasteiger partial charge in [-0.3, -0.25) is 4.57 Å². The van der Waals surface area contributed by atoms with E-state index in [1.54, 1.807) is 11.7 Å². The Balaban J connectivity index is 1.67. The molecule has 0 atom stereocenters. The molecule has 1 N–H and O–H groups in total. The number of thioether (sulfide) groups is 1. The summed E-state index contributed by atoms with van der Waals surface area (Å²) < 4.78 is 12.1. The summed E-state index contributed by atoms with van der Waals surface area (Å²) in [5, 5.41) is 11.2. The highest BCUT2D eigenvalue weighted by Gasteiger charge is 2.13. The standard InChI is InChI=1S/C16H19N5O3S/c1-3-4-9-21-15(22)18-19-16(21)25-10-13-17-14(20-24-13)11-5-7-12(23-2)8-6-11/h5-8H,3-4,9-10H2,1-2H3,(H,18,22). The number of ether oxygens (including phenoxy) is 1. The topological polar surface area (TPSA) is 98.8 Å². The minimum absolute atomic E-state index is 0.194. The Labute approximate surface area is 148 Å². The van der Waals surface area contributed by atoms with E-state index in [1.165, 1.54) is 11.8 Å². The lowest BCUT2D eigenvalue weighted by Crippen LogP contribution is -2.17. The Morgan fingerprint density at radius 2 is 2.12 bits per heavy atom. The van der Waals surface area contributed by atoms with E-state index < -0.39 is 0 Å². The molecule has 0 bridgehead atoms. The van der Waals surface area contributed by atoms with Crippen LogP contribution in [0.5, 0.6) is 5.75 Å². The number of rotatable bonds is 8. The van der Waals surface area contributed by atoms with Gasteiger partial charge < -0.3 is 9.26 Å². The Bertz CT molecular complexity index is 869. The van der Waals surface area contributed by atoms with Crippen LogP contribution < -0.4 is 10.4 Å². The number of aromatic nitrogens is 5. The van der Waals surface area contributed by atoms with Gasteiger partial charge in [-0.05, 0) is 30.7 Å². The van der Waals surface area contributed by atoms with E-state index in [2.05, 4.69) is 27.3 Å². The summed E-state index contributed by atoms with van der Waals surface area (Å²) in [6.45, 7) is 2.73. The van der Waals surface area contributed by atoms with Crippen molar-refractivity contribution in [2.75, 3.05) is 7.11 Å². The van der Waals surface area contributed by atoms with E-state index >= 15 is 0 Å². The lowest BCUT2D eigenvalue weighted by atomic mass is 10.2. The van der Waals surface area contributed by atoms with E-state index in [9.17, 15) is 4.79 Å². The zero-order chi connectivity index (χ0) is 17.6. The van der Waals surface area contributed by atoms with Crippen LogP contribution in [0.3, 0.4) is 0 Å². The molecule has 0 unspecified atom stereocenters. The number of methoxy groups -OCH3 is 1. The third-order valence-corrected chi connectivity index (χ3v) is 4.56. The minimum Gasteiger partial charge on any atom is -0.497 e. The van der Waals surface area contributed by atoms with Crippen LogP contribution in [0.15, 0.2) is 38.7 Å². The van der Waals surface area contributed by atoms with Gasteiger partial charge in [-0.1, -0.05) is 30.3 Å². The van der Waals surface area contributed by atoms with Crippen LogP contribution in [0.25, 0.3) is 11.4 Å². The summed E-state index contributed by atoms with van der Waals surface area (Å²) in [4.78, 5) is 16.2. The molecule has 0 aliphatic rings. The molecule has 0 saturated heterocycles. The highest BCUT2D eigenvalue weighted by molar-refractivity contribution is 7.98. The first kappa shape index (κ1) is 17.3. The molecule has 3 aromatic rings. The monoisotopic (exact) mass is 361 g/mol. The summed E-state index contributed by atoms with van der Waals surface area (Å²) in [6, 6.07) is 7.43. The van der Waals surface area contributed by atoms with Crippen molar-refractivity contribution in [2.45, 2.75) is 37.2 Å². The minimum atomic E-state index is -0.194. The Morgan fingerprint density at radius 1 is 1.32 bits per heavy atom. The molecule has 0 spiro atoms. The van der Waals surface area contributed by atoms with Crippen LogP contribution in [0.2, 0.25) is 0 Å². The Hall–Kier alpha value is -2.55. The van der Waals surface area contributed by atoms with Gasteiger partial charge in [0.2, 0.25) is 11.7 Å². The second-order valence-corrected chi connectivity index (χ2v) is 6.29. The van der Waals surface area contributed by atoms with Gasteiger partial charge in [0.25, 0.3) is 0 Å². The summed E-state index contributed by atoms with van der Waals surface area (Å²) in [5.41, 5.74) is 0.654. The molecule has 1 aromatic carbocycles. The van der Waals surface area contributed by atoms with Crippen LogP contribution >= 0.6 is 11.8 Å². The first-order valence-electron chi connectivity index (χ1n) is 7.96. The molecule has 0 saturated carbocycles. The Kier molecular flexibility index (Phi) is 5.54. The maximum absolute atomic E-state index is 11.8. The second kappa shape index (κ2) is 8.02. The number of nitrogens with one attached hydrogen (secondary N) is 1. The average molecular weight is 361 g/mol. The van der Waals surface area contributed by atoms with Gasteiger partial charge >= 0.3 is 5.69 Å². The van der Waals surface area contributed by atoms with Crippen LogP contribution in [0.4, 0.5) is 0 Å². The fourth-order valence-corrected chi connectivity index (χ4v) is 3.03. The van der Waals surface area contributed by atoms with E-state index in [1.807, 2.05) is 24.3 Å². The number of hydrogen-bond acceptors (Lipinski definition) is 7. The van der Waals surface area contributed by atoms with Crippen LogP contribution in [0.1, 0.15) is 25.7 Å². The first-order chi connectivity index (χ1) is 12.2. The quantitative estimate of drug-likeness (QED) is 0.616. The van der Waals surface area contributed by atoms with Gasteiger partial charge in [0.15, 0.2) is 5.16 Å². The number of hydrogen-bond donors (Lipinski definition) is 1. The molecule has 0 radical (unpaired) electrons. The van der Waals surface area contributed by atoms with Gasteiger partial charge in [-0.15, -0.1) is 5.10 Å². The summed E-state index contributed by atoms with van der Waals surface area (Å²) in [5.74, 6) is 2.21. The number of benzene rings is 1. The molecule has 0 amide bonds. The molecule has 0 fully saturated rings. The summed E-state index contributed by atoms with van der Waals surface area (Å²) in [6.07, 6.45) is 1.94. The fourth-order valence-electron chi connectivity index (χ4n) is 2.22. The molecule has 9 heteroatoms. The van der Waals surface area contributed by atoms with Crippen LogP contribution in [-0.4, -0.2) is 32.0 Å². The average Bonchev–Trinajstić information content (AvgIpc) is 3.25. The largest absolute Gasteiger partial charge is 0.497 e. The molecule has 2 aromatic heterocycles. The molecule has 2 heterocycles. The highest BCUT2D eigenvalue weighted by Crippen LogP contribution is 2.23. The predicted molar refractivity (Wildman–Crippen MR) is 93.6 cm³/mol. The normalized spacial score (nSPS) is 11.0. The van der Waals surface area contributed by atoms with Crippen LogP contribution in [-0.2, 0) is 12.3 Å². The predicted octanol–water partition coefficient (Wildman–Crippen LogP) is 2.72. The van der Waals surface area contributed by atoms with E-state index in [0.29, 0.717) is 29.2 Å². The molecule has 0 aliphatic heterocycles. The van der Waals surface area contributed by atoms with Crippen LogP contribution in [0, 0.1) is 0 Å². The van der Waals surface area contributed by atoms with Crippen molar-refractivity contribution in [3.8, 4) is 17.1 Å². The lowest BCUT2D eigenvalue weighted by Gasteiger charge is -2.02. The van der Waals surface area contributed by atoms with Crippen molar-refractivity contribution < 1.29 is 9.26 Å². The highest BCUT2D eigenvalue weighted by atomic mass is 32.2. The van der Waals surface area contributed by atoms with Crippen molar-refractivity contribution in [2.24, 2.45) is 0 Å². The van der Waals surface area contributed by atoms with E-state index in [-0.39, 0.29) is 5.69 Å². The van der Waals surface area contributed by atoms with Gasteiger partial charge in [-0.2, -0.15) is 4.98 Å². The van der Waals surface area contributed by atoms with E-state index in [4.69, 9.17) is 9.26 Å². The van der Waals surface area contributed by atoms with Gasteiger partial charge in [0, 0.05) is 12.1 Å². The maximum atomic E-state index is 11.8. The van der Waals surface area contributed by atoms with Crippen molar-refractivity contribution in [1.82, 2.24) is 24.9 Å². The summed E-state index contributed by atoms with van der Waals surface area (Å²) in [7, 11) is 1.62.